The van der Waals surface area contributed by atoms with Crippen LogP contribution in [-0.4, -0.2) is 0 Å². The first-order valence-corrected chi connectivity index (χ1v) is 3.48. The maximum atomic E-state index is 7.09. The Hall–Kier alpha value is -0.520. The Morgan fingerprint density at radius 3 is 2.67 bits per heavy atom. The fourth-order valence-corrected chi connectivity index (χ4v) is 0.478. The summed E-state index contributed by atoms with van der Waals surface area (Å²) in [6.45, 7) is 6.11. The molecule has 0 aromatic carbocycles. The molecule has 0 heteroatoms. The summed E-state index contributed by atoms with van der Waals surface area (Å²) in [6, 6.07) is 0.611. The minimum absolute atomic E-state index is 0.611. The quantitative estimate of drug-likeness (QED) is 0.508. The fraction of sp³-hybridized carbons (Fsp3) is 0.556. The van der Waals surface area contributed by atoms with Gasteiger partial charge in [0.05, 0.1) is 1.37 Å². The van der Waals surface area contributed by atoms with Gasteiger partial charge in [-0.3, -0.25) is 0 Å². The van der Waals surface area contributed by atoms with Crippen molar-refractivity contribution < 1.29 is 1.37 Å². The van der Waals surface area contributed by atoms with Crippen LogP contribution in [0.25, 0.3) is 0 Å². The van der Waals surface area contributed by atoms with Gasteiger partial charge >= 0.3 is 0 Å². The maximum Gasteiger partial charge on any atom is 0.0573 e. The van der Waals surface area contributed by atoms with Crippen LogP contribution in [0.1, 0.15) is 28.6 Å². The van der Waals surface area contributed by atoms with Gasteiger partial charge in [0.15, 0.2) is 0 Å². The first-order valence-electron chi connectivity index (χ1n) is 3.98. The molecule has 0 aliphatic rings. The van der Waals surface area contributed by atoms with Gasteiger partial charge in [0.1, 0.15) is 0 Å². The summed E-state index contributed by atoms with van der Waals surface area (Å²) >= 11 is 0. The lowest BCUT2D eigenvalue weighted by Crippen LogP contribution is -1.82. The van der Waals surface area contributed by atoms with Crippen LogP contribution >= 0.6 is 0 Å². The normalized spacial score (nSPS) is 18.1. The molecule has 0 N–H and O–H groups in total. The molecular formula is C9H16. The summed E-state index contributed by atoms with van der Waals surface area (Å²) < 4.78 is 7.09. The van der Waals surface area contributed by atoms with Crippen molar-refractivity contribution in [2.75, 3.05) is 0 Å². The molecule has 52 valence electrons. The van der Waals surface area contributed by atoms with Crippen LogP contribution in [0.15, 0.2) is 24.3 Å². The van der Waals surface area contributed by atoms with Crippen molar-refractivity contribution in [3.63, 3.8) is 0 Å². The van der Waals surface area contributed by atoms with Crippen molar-refractivity contribution >= 4 is 0 Å². The lowest BCUT2D eigenvalue weighted by molar-refractivity contribution is 0.698. The molecule has 0 aliphatic carbocycles. The van der Waals surface area contributed by atoms with E-state index < -0.39 is 0 Å². The van der Waals surface area contributed by atoms with Gasteiger partial charge in [-0.05, 0) is 12.8 Å². The molecule has 0 spiro atoms. The average Bonchev–Trinajstić information content (AvgIpc) is 1.87. The monoisotopic (exact) mass is 125 g/mol. The largest absolute Gasteiger partial charge is 0.0877 e. The summed E-state index contributed by atoms with van der Waals surface area (Å²) in [7, 11) is 0. The minimum Gasteiger partial charge on any atom is -0.0877 e. The summed E-state index contributed by atoms with van der Waals surface area (Å²) in [5.74, 6) is 0.635. The highest BCUT2D eigenvalue weighted by Gasteiger charge is 1.86. The average molecular weight is 125 g/mol. The number of allylic oxidation sites excluding steroid dienone is 4. The molecule has 1 atom stereocenters. The number of hydrogen-bond donors (Lipinski definition) is 0. The highest BCUT2D eigenvalue weighted by molar-refractivity contribution is 5.02. The topological polar surface area (TPSA) is 0 Å². The lowest BCUT2D eigenvalue weighted by Gasteiger charge is -1.96. The zero-order valence-corrected chi connectivity index (χ0v) is 6.52. The van der Waals surface area contributed by atoms with Gasteiger partial charge in [-0.15, -0.1) is 0 Å². The molecule has 0 saturated carbocycles. The Balaban J connectivity index is 3.66. The van der Waals surface area contributed by atoms with Gasteiger partial charge in [-0.2, -0.15) is 0 Å². The van der Waals surface area contributed by atoms with Crippen molar-refractivity contribution in [1.82, 2.24) is 0 Å². The predicted molar refractivity (Wildman–Crippen MR) is 43.4 cm³/mol. The third kappa shape index (κ3) is 5.35. The minimum atomic E-state index is 0.611. The fourth-order valence-electron chi connectivity index (χ4n) is 0.478. The van der Waals surface area contributed by atoms with Crippen LogP contribution in [0.3, 0.4) is 0 Å². The SMILES string of the molecule is [2H]/C(C)=C\C=C[C@H](C)CC. The molecule has 0 rings (SSSR count). The predicted octanol–water partition coefficient (Wildman–Crippen LogP) is 3.16. The van der Waals surface area contributed by atoms with Gasteiger partial charge in [0.25, 0.3) is 0 Å². The van der Waals surface area contributed by atoms with Gasteiger partial charge in [-0.1, -0.05) is 44.5 Å². The van der Waals surface area contributed by atoms with E-state index in [4.69, 9.17) is 1.37 Å². The van der Waals surface area contributed by atoms with E-state index in [0.29, 0.717) is 12.0 Å². The van der Waals surface area contributed by atoms with Crippen LogP contribution in [-0.2, 0) is 0 Å². The second-order valence-electron chi connectivity index (χ2n) is 2.23. The van der Waals surface area contributed by atoms with Crippen LogP contribution in [0.2, 0.25) is 0 Å². The van der Waals surface area contributed by atoms with Crippen molar-refractivity contribution in [2.45, 2.75) is 27.2 Å². The van der Waals surface area contributed by atoms with E-state index in [9.17, 15) is 0 Å². The molecule has 0 aliphatic heterocycles. The Bertz CT molecular complexity index is 130. The first-order chi connectivity index (χ1) is 4.66. The molecule has 0 bridgehead atoms. The summed E-state index contributed by atoms with van der Waals surface area (Å²) in [6.07, 6.45) is 7.06. The van der Waals surface area contributed by atoms with Gasteiger partial charge in [0, 0.05) is 0 Å². The molecule has 0 nitrogen and oxygen atoms in total. The molecule has 0 aromatic heterocycles. The zero-order valence-electron chi connectivity index (χ0n) is 7.52. The van der Waals surface area contributed by atoms with E-state index in [1.54, 1.807) is 6.92 Å². The molecule has 0 saturated heterocycles. The molecule has 0 unspecified atom stereocenters. The second kappa shape index (κ2) is 5.61. The Labute approximate surface area is 59.7 Å². The third-order valence-electron chi connectivity index (χ3n) is 1.35. The van der Waals surface area contributed by atoms with E-state index in [1.807, 2.05) is 12.2 Å². The molecular weight excluding hydrogens is 108 g/mol. The van der Waals surface area contributed by atoms with Gasteiger partial charge < -0.3 is 0 Å². The van der Waals surface area contributed by atoms with E-state index in [-0.39, 0.29) is 0 Å². The summed E-state index contributed by atoms with van der Waals surface area (Å²) in [5.41, 5.74) is 0. The van der Waals surface area contributed by atoms with Crippen molar-refractivity contribution in [1.29, 1.82) is 0 Å². The molecule has 0 aromatic rings. The van der Waals surface area contributed by atoms with Crippen molar-refractivity contribution in [3.05, 3.63) is 24.3 Å². The summed E-state index contributed by atoms with van der Waals surface area (Å²) in [5, 5.41) is 0. The Morgan fingerprint density at radius 1 is 1.56 bits per heavy atom. The Morgan fingerprint density at radius 2 is 2.22 bits per heavy atom. The van der Waals surface area contributed by atoms with Gasteiger partial charge in [-0.25, -0.2) is 0 Å². The van der Waals surface area contributed by atoms with Gasteiger partial charge in [0.2, 0.25) is 0 Å². The van der Waals surface area contributed by atoms with Crippen molar-refractivity contribution in [2.24, 2.45) is 5.92 Å². The lowest BCUT2D eigenvalue weighted by atomic mass is 10.1. The second-order valence-corrected chi connectivity index (χ2v) is 2.23. The van der Waals surface area contributed by atoms with E-state index in [2.05, 4.69) is 19.9 Å². The first kappa shape index (κ1) is 6.60. The van der Waals surface area contributed by atoms with E-state index in [1.165, 1.54) is 6.42 Å². The van der Waals surface area contributed by atoms with Crippen LogP contribution in [0.5, 0.6) is 0 Å². The van der Waals surface area contributed by atoms with Crippen LogP contribution in [0.4, 0.5) is 0 Å². The smallest absolute Gasteiger partial charge is 0.0573 e. The zero-order chi connectivity index (χ0) is 7.98. The van der Waals surface area contributed by atoms with Crippen LogP contribution in [0, 0.1) is 5.92 Å². The highest BCUT2D eigenvalue weighted by Crippen LogP contribution is 2.01. The molecule has 0 fully saturated rings. The van der Waals surface area contributed by atoms with E-state index in [0.717, 1.165) is 0 Å². The number of rotatable bonds is 3. The summed E-state index contributed by atoms with van der Waals surface area (Å²) in [4.78, 5) is 0. The molecule has 0 heterocycles. The molecule has 0 amide bonds. The standard InChI is InChI=1S/C9H16/c1-4-6-7-8-9(3)5-2/h4,6-9H,5H2,1-3H3/b6-4+,8-7?/t9-/m1/s1/i4D. The van der Waals surface area contributed by atoms with Crippen molar-refractivity contribution in [3.8, 4) is 0 Å². The third-order valence-corrected chi connectivity index (χ3v) is 1.35. The molecule has 9 heavy (non-hydrogen) atoms. The van der Waals surface area contributed by atoms with E-state index >= 15 is 0 Å². The Kier molecular flexibility index (Phi) is 4.12. The van der Waals surface area contributed by atoms with Crippen LogP contribution < -0.4 is 0 Å². The maximum absolute atomic E-state index is 7.09. The highest BCUT2D eigenvalue weighted by atomic mass is 13.9. The molecule has 0 radical (unpaired) electrons. The number of hydrogen-bond acceptors (Lipinski definition) is 0.